The molecule has 0 aromatic heterocycles. The third-order valence-corrected chi connectivity index (χ3v) is 6.15. The van der Waals surface area contributed by atoms with Crippen molar-refractivity contribution < 1.29 is 14.4 Å². The third kappa shape index (κ3) is 2.72. The molecule has 4 aliphatic heterocycles. The van der Waals surface area contributed by atoms with Gasteiger partial charge in [0.25, 0.3) is 17.7 Å². The fourth-order valence-corrected chi connectivity index (χ4v) is 4.57. The summed E-state index contributed by atoms with van der Waals surface area (Å²) in [4.78, 5) is 41.4. The van der Waals surface area contributed by atoms with E-state index in [2.05, 4.69) is 10.2 Å². The van der Waals surface area contributed by atoms with Crippen LogP contribution in [0.5, 0.6) is 0 Å². The van der Waals surface area contributed by atoms with E-state index < -0.39 is 0 Å². The van der Waals surface area contributed by atoms with Gasteiger partial charge in [0.1, 0.15) is 0 Å². The zero-order valence-electron chi connectivity index (χ0n) is 15.4. The first-order valence-electron chi connectivity index (χ1n) is 9.73. The number of carbonyl (C=O) groups is 3. The van der Waals surface area contributed by atoms with Gasteiger partial charge in [-0.1, -0.05) is 12.1 Å². The van der Waals surface area contributed by atoms with E-state index in [-0.39, 0.29) is 23.8 Å². The second-order valence-corrected chi connectivity index (χ2v) is 7.76. The van der Waals surface area contributed by atoms with Crippen molar-refractivity contribution >= 4 is 23.4 Å². The molecule has 6 nitrogen and oxygen atoms in total. The molecular formula is C22H21N3O3. The molecule has 0 aliphatic carbocycles. The monoisotopic (exact) mass is 375 g/mol. The van der Waals surface area contributed by atoms with Crippen molar-refractivity contribution in [2.24, 2.45) is 5.92 Å². The molecule has 3 fully saturated rings. The Labute approximate surface area is 163 Å². The fraction of sp³-hybridized carbons (Fsp3) is 0.318. The molecule has 0 radical (unpaired) electrons. The van der Waals surface area contributed by atoms with Crippen molar-refractivity contribution in [3.05, 3.63) is 65.2 Å². The zero-order chi connectivity index (χ0) is 19.3. The summed E-state index contributed by atoms with van der Waals surface area (Å²) in [6.07, 6.45) is 2.28. The lowest BCUT2D eigenvalue weighted by Crippen LogP contribution is -2.57. The summed E-state index contributed by atoms with van der Waals surface area (Å²) in [5.74, 6) is -0.200. The summed E-state index contributed by atoms with van der Waals surface area (Å²) >= 11 is 0. The molecule has 0 saturated carbocycles. The highest BCUT2D eigenvalue weighted by Crippen LogP contribution is 2.29. The van der Waals surface area contributed by atoms with Gasteiger partial charge in [-0.3, -0.25) is 14.4 Å². The standard InChI is InChI=1S/C22H21N3O3/c26-20(23-19-13-24-11-9-14(19)10-12-24)15-5-7-16(8-6-15)25-21(27)17-3-1-2-4-18(17)22(25)28/h1-8,14,19H,9-13H2,(H,23,26). The highest BCUT2D eigenvalue weighted by molar-refractivity contribution is 6.34. The Morgan fingerprint density at radius 2 is 1.50 bits per heavy atom. The minimum atomic E-state index is -0.329. The summed E-state index contributed by atoms with van der Waals surface area (Å²) in [7, 11) is 0. The van der Waals surface area contributed by atoms with Crippen LogP contribution >= 0.6 is 0 Å². The minimum absolute atomic E-state index is 0.104. The maximum atomic E-state index is 12.7. The van der Waals surface area contributed by atoms with E-state index in [0.29, 0.717) is 28.3 Å². The number of nitrogens with one attached hydrogen (secondary N) is 1. The van der Waals surface area contributed by atoms with Crippen molar-refractivity contribution in [1.82, 2.24) is 10.2 Å². The van der Waals surface area contributed by atoms with Gasteiger partial charge in [0.2, 0.25) is 0 Å². The van der Waals surface area contributed by atoms with Crippen LogP contribution in [-0.4, -0.2) is 48.3 Å². The number of carbonyl (C=O) groups excluding carboxylic acids is 3. The Morgan fingerprint density at radius 3 is 2.04 bits per heavy atom. The Hall–Kier alpha value is -2.99. The summed E-state index contributed by atoms with van der Waals surface area (Å²) in [5.41, 5.74) is 1.84. The van der Waals surface area contributed by atoms with Crippen molar-refractivity contribution in [3.63, 3.8) is 0 Å². The molecular weight excluding hydrogens is 354 g/mol. The largest absolute Gasteiger partial charge is 0.348 e. The Morgan fingerprint density at radius 1 is 0.893 bits per heavy atom. The van der Waals surface area contributed by atoms with Crippen LogP contribution in [0.4, 0.5) is 5.69 Å². The van der Waals surface area contributed by atoms with Gasteiger partial charge in [-0.15, -0.1) is 0 Å². The number of imide groups is 1. The molecule has 3 saturated heterocycles. The molecule has 1 atom stereocenters. The lowest BCUT2D eigenvalue weighted by molar-refractivity contribution is 0.0620. The maximum Gasteiger partial charge on any atom is 0.266 e. The van der Waals surface area contributed by atoms with Crippen LogP contribution < -0.4 is 10.2 Å². The number of hydrogen-bond acceptors (Lipinski definition) is 4. The fourth-order valence-electron chi connectivity index (χ4n) is 4.57. The third-order valence-electron chi connectivity index (χ3n) is 6.15. The lowest BCUT2D eigenvalue weighted by atomic mass is 9.84. The first-order chi connectivity index (χ1) is 13.6. The second-order valence-electron chi connectivity index (χ2n) is 7.76. The molecule has 6 rings (SSSR count). The number of fused-ring (bicyclic) bond motifs is 4. The summed E-state index contributed by atoms with van der Waals surface area (Å²) in [6, 6.07) is 13.7. The maximum absolute atomic E-state index is 12.7. The summed E-state index contributed by atoms with van der Waals surface area (Å²) in [6.45, 7) is 3.18. The van der Waals surface area contributed by atoms with Crippen molar-refractivity contribution in [2.45, 2.75) is 18.9 Å². The van der Waals surface area contributed by atoms with E-state index in [1.807, 2.05) is 0 Å². The van der Waals surface area contributed by atoms with Gasteiger partial charge in [-0.25, -0.2) is 4.90 Å². The van der Waals surface area contributed by atoms with Crippen LogP contribution in [0, 0.1) is 5.92 Å². The Balaban J connectivity index is 1.32. The van der Waals surface area contributed by atoms with Crippen molar-refractivity contribution in [2.75, 3.05) is 24.5 Å². The summed E-state index contributed by atoms with van der Waals surface area (Å²) < 4.78 is 0. The number of amides is 3. The zero-order valence-corrected chi connectivity index (χ0v) is 15.4. The Bertz CT molecular complexity index is 926. The van der Waals surface area contributed by atoms with Crippen LogP contribution in [0.25, 0.3) is 0 Å². The summed E-state index contributed by atoms with van der Waals surface area (Å²) in [5, 5.41) is 3.16. The molecule has 1 unspecified atom stereocenters. The highest BCUT2D eigenvalue weighted by atomic mass is 16.2. The van der Waals surface area contributed by atoms with E-state index in [0.717, 1.165) is 32.5 Å². The predicted octanol–water partition coefficient (Wildman–Crippen LogP) is 2.31. The van der Waals surface area contributed by atoms with E-state index in [9.17, 15) is 14.4 Å². The van der Waals surface area contributed by atoms with E-state index >= 15 is 0 Å². The van der Waals surface area contributed by atoms with E-state index in [1.165, 1.54) is 4.90 Å². The SMILES string of the molecule is O=C(NC1CN2CCC1CC2)c1ccc(N2C(=O)c3ccccc3C2=O)cc1. The van der Waals surface area contributed by atoms with Crippen LogP contribution in [0.3, 0.4) is 0 Å². The number of hydrogen-bond donors (Lipinski definition) is 1. The number of nitrogens with zero attached hydrogens (tertiary/aromatic N) is 2. The first kappa shape index (κ1) is 17.1. The average molecular weight is 375 g/mol. The molecule has 2 aromatic carbocycles. The molecule has 3 amide bonds. The van der Waals surface area contributed by atoms with E-state index in [4.69, 9.17) is 0 Å². The molecule has 142 valence electrons. The normalized spacial score (nSPS) is 25.7. The molecule has 2 bridgehead atoms. The number of piperidine rings is 3. The molecule has 6 heteroatoms. The average Bonchev–Trinajstić information content (AvgIpc) is 3.00. The molecule has 0 spiro atoms. The smallest absolute Gasteiger partial charge is 0.266 e. The Kier molecular flexibility index (Phi) is 4.02. The van der Waals surface area contributed by atoms with E-state index in [1.54, 1.807) is 48.5 Å². The molecule has 4 aliphatic rings. The second kappa shape index (κ2) is 6.56. The number of benzene rings is 2. The van der Waals surface area contributed by atoms with Crippen LogP contribution in [0.2, 0.25) is 0 Å². The minimum Gasteiger partial charge on any atom is -0.348 e. The van der Waals surface area contributed by atoms with Gasteiger partial charge in [0, 0.05) is 18.2 Å². The van der Waals surface area contributed by atoms with Crippen molar-refractivity contribution in [3.8, 4) is 0 Å². The van der Waals surface area contributed by atoms with Gasteiger partial charge >= 0.3 is 0 Å². The molecule has 4 heterocycles. The van der Waals surface area contributed by atoms with Gasteiger partial charge in [-0.05, 0) is 68.2 Å². The van der Waals surface area contributed by atoms with Crippen LogP contribution in [0.1, 0.15) is 43.9 Å². The molecule has 1 N–H and O–H groups in total. The van der Waals surface area contributed by atoms with Crippen molar-refractivity contribution in [1.29, 1.82) is 0 Å². The van der Waals surface area contributed by atoms with Gasteiger partial charge in [0.05, 0.1) is 16.8 Å². The van der Waals surface area contributed by atoms with Crippen LogP contribution in [0.15, 0.2) is 48.5 Å². The first-order valence-corrected chi connectivity index (χ1v) is 9.73. The lowest BCUT2D eigenvalue weighted by Gasteiger charge is -2.44. The van der Waals surface area contributed by atoms with Gasteiger partial charge in [-0.2, -0.15) is 0 Å². The predicted molar refractivity (Wildman–Crippen MR) is 104 cm³/mol. The van der Waals surface area contributed by atoms with Crippen LogP contribution in [-0.2, 0) is 0 Å². The number of rotatable bonds is 3. The molecule has 2 aromatic rings. The van der Waals surface area contributed by atoms with Gasteiger partial charge < -0.3 is 10.2 Å². The van der Waals surface area contributed by atoms with Gasteiger partial charge in [0.15, 0.2) is 0 Å². The molecule has 28 heavy (non-hydrogen) atoms. The topological polar surface area (TPSA) is 69.7 Å². The highest BCUT2D eigenvalue weighted by Gasteiger charge is 2.37. The number of anilines is 1. The quantitative estimate of drug-likeness (QED) is 0.836.